The van der Waals surface area contributed by atoms with Gasteiger partial charge in [0.1, 0.15) is 0 Å². The van der Waals surface area contributed by atoms with Gasteiger partial charge in [-0.1, -0.05) is 64.8 Å². The van der Waals surface area contributed by atoms with Gasteiger partial charge in [-0.25, -0.2) is 0 Å². The van der Waals surface area contributed by atoms with E-state index in [1.54, 1.807) is 12.1 Å². The second kappa shape index (κ2) is 7.05. The molecule has 2 aromatic carbocycles. The number of Topliss-reactive ketones (excluding diaryl/α,β-unsaturated/α-hetero) is 1. The van der Waals surface area contributed by atoms with Crippen molar-refractivity contribution in [2.45, 2.75) is 31.6 Å². The van der Waals surface area contributed by atoms with E-state index in [9.17, 15) is 4.79 Å². The van der Waals surface area contributed by atoms with Crippen molar-refractivity contribution < 1.29 is 9.32 Å². The first-order valence-electron chi connectivity index (χ1n) is 9.52. The van der Waals surface area contributed by atoms with Crippen LogP contribution < -0.4 is 5.32 Å². The molecule has 1 aromatic heterocycles. The number of ketones is 1. The van der Waals surface area contributed by atoms with E-state index >= 15 is 0 Å². The van der Waals surface area contributed by atoms with E-state index in [-0.39, 0.29) is 17.6 Å². The smallest absolute Gasteiger partial charge is 0.233 e. The van der Waals surface area contributed by atoms with Crippen molar-refractivity contribution in [3.63, 3.8) is 0 Å². The van der Waals surface area contributed by atoms with Gasteiger partial charge in [-0.15, -0.1) is 0 Å². The van der Waals surface area contributed by atoms with Gasteiger partial charge in [0.05, 0.1) is 11.3 Å². The lowest BCUT2D eigenvalue weighted by atomic mass is 9.72. The van der Waals surface area contributed by atoms with Gasteiger partial charge in [0, 0.05) is 33.7 Å². The SMILES string of the molecule is Cc1noc2c1[C@@H](c1ccc(Cl)cc1Cl)C1=C(C[C@H](c3ccccc3)CC1=O)N2. The van der Waals surface area contributed by atoms with E-state index < -0.39 is 0 Å². The Morgan fingerprint density at radius 3 is 2.66 bits per heavy atom. The highest BCUT2D eigenvalue weighted by molar-refractivity contribution is 6.35. The van der Waals surface area contributed by atoms with Gasteiger partial charge < -0.3 is 9.84 Å². The molecule has 2 atom stereocenters. The van der Waals surface area contributed by atoms with Crippen molar-refractivity contribution in [2.75, 3.05) is 5.32 Å². The second-order valence-corrected chi connectivity index (χ2v) is 8.41. The average Bonchev–Trinajstić information content (AvgIpc) is 3.08. The first kappa shape index (κ1) is 18.5. The summed E-state index contributed by atoms with van der Waals surface area (Å²) in [6.07, 6.45) is 1.19. The largest absolute Gasteiger partial charge is 0.338 e. The normalized spacial score (nSPS) is 20.9. The molecule has 0 fully saturated rings. The van der Waals surface area contributed by atoms with Gasteiger partial charge in [0.15, 0.2) is 5.78 Å². The minimum atomic E-state index is -0.318. The molecule has 0 saturated heterocycles. The van der Waals surface area contributed by atoms with Crippen LogP contribution in [0, 0.1) is 6.92 Å². The maximum atomic E-state index is 13.4. The van der Waals surface area contributed by atoms with Crippen molar-refractivity contribution >= 4 is 34.9 Å². The highest BCUT2D eigenvalue weighted by Gasteiger charge is 2.41. The highest BCUT2D eigenvalue weighted by atomic mass is 35.5. The average molecular weight is 425 g/mol. The monoisotopic (exact) mass is 424 g/mol. The van der Waals surface area contributed by atoms with Crippen LogP contribution in [0.5, 0.6) is 0 Å². The maximum Gasteiger partial charge on any atom is 0.233 e. The highest BCUT2D eigenvalue weighted by Crippen LogP contribution is 2.50. The van der Waals surface area contributed by atoms with E-state index in [0.29, 0.717) is 22.4 Å². The van der Waals surface area contributed by atoms with Crippen LogP contribution in [0.25, 0.3) is 0 Å². The Morgan fingerprint density at radius 2 is 1.90 bits per heavy atom. The third kappa shape index (κ3) is 3.07. The lowest BCUT2D eigenvalue weighted by Crippen LogP contribution is -2.29. The van der Waals surface area contributed by atoms with E-state index in [1.165, 1.54) is 0 Å². The number of halogens is 2. The fourth-order valence-electron chi connectivity index (χ4n) is 4.48. The quantitative estimate of drug-likeness (QED) is 0.528. The molecule has 5 rings (SSSR count). The zero-order valence-corrected chi connectivity index (χ0v) is 17.2. The molecule has 1 aliphatic carbocycles. The molecule has 0 unspecified atom stereocenters. The van der Waals surface area contributed by atoms with Crippen LogP contribution in [0.2, 0.25) is 10.0 Å². The number of anilines is 1. The fraction of sp³-hybridized carbons (Fsp3) is 0.217. The Labute approximate surface area is 178 Å². The molecule has 0 bridgehead atoms. The Kier molecular flexibility index (Phi) is 4.49. The molecule has 0 radical (unpaired) electrons. The standard InChI is InChI=1S/C23H18Cl2N2O2/c1-12-20-21(16-8-7-15(24)11-17(16)25)22-18(26-23(20)29-27-12)9-14(10-19(22)28)13-5-3-2-4-6-13/h2-8,11,14,21,26H,9-10H2,1H3/t14-,21+/m0/s1. The number of rotatable bonds is 2. The summed E-state index contributed by atoms with van der Waals surface area (Å²) in [5.41, 5.74) is 5.24. The van der Waals surface area contributed by atoms with Crippen molar-refractivity contribution in [3.05, 3.63) is 92.2 Å². The number of allylic oxidation sites excluding steroid dienone is 2. The summed E-state index contributed by atoms with van der Waals surface area (Å²) in [6, 6.07) is 15.5. The Hall–Kier alpha value is -2.56. The topological polar surface area (TPSA) is 55.1 Å². The summed E-state index contributed by atoms with van der Waals surface area (Å²) in [7, 11) is 0. The number of aryl methyl sites for hydroxylation is 1. The van der Waals surface area contributed by atoms with Crippen LogP contribution in [0.1, 0.15) is 47.1 Å². The molecule has 2 heterocycles. The van der Waals surface area contributed by atoms with Crippen LogP contribution in [0.15, 0.2) is 64.3 Å². The number of benzene rings is 2. The van der Waals surface area contributed by atoms with Crippen LogP contribution in [-0.4, -0.2) is 10.9 Å². The molecular weight excluding hydrogens is 407 g/mol. The predicted molar refractivity (Wildman–Crippen MR) is 114 cm³/mol. The summed E-state index contributed by atoms with van der Waals surface area (Å²) in [6.45, 7) is 1.88. The Balaban J connectivity index is 1.66. The molecular formula is C23H18Cl2N2O2. The number of carbonyl (C=O) groups is 1. The molecule has 6 heteroatoms. The molecule has 146 valence electrons. The molecule has 1 aliphatic heterocycles. The van der Waals surface area contributed by atoms with Gasteiger partial charge in [-0.05, 0) is 42.5 Å². The number of carbonyl (C=O) groups excluding carboxylic acids is 1. The van der Waals surface area contributed by atoms with Gasteiger partial charge >= 0.3 is 0 Å². The second-order valence-electron chi connectivity index (χ2n) is 7.57. The van der Waals surface area contributed by atoms with Gasteiger partial charge in [0.2, 0.25) is 5.88 Å². The number of aromatic nitrogens is 1. The first-order chi connectivity index (χ1) is 14.0. The van der Waals surface area contributed by atoms with Gasteiger partial charge in [-0.3, -0.25) is 4.79 Å². The van der Waals surface area contributed by atoms with Crippen molar-refractivity contribution in [1.82, 2.24) is 5.16 Å². The maximum absolute atomic E-state index is 13.4. The lowest BCUT2D eigenvalue weighted by Gasteiger charge is -2.34. The third-order valence-corrected chi connectivity index (χ3v) is 6.36. The van der Waals surface area contributed by atoms with Crippen LogP contribution in [0.3, 0.4) is 0 Å². The third-order valence-electron chi connectivity index (χ3n) is 5.80. The number of nitrogens with zero attached hydrogens (tertiary/aromatic N) is 1. The minimum absolute atomic E-state index is 0.120. The van der Waals surface area contributed by atoms with E-state index in [2.05, 4.69) is 22.6 Å². The van der Waals surface area contributed by atoms with E-state index in [4.69, 9.17) is 27.7 Å². The molecule has 0 amide bonds. The van der Waals surface area contributed by atoms with Gasteiger partial charge in [0.25, 0.3) is 0 Å². The number of nitrogens with one attached hydrogen (secondary N) is 1. The summed E-state index contributed by atoms with van der Waals surface area (Å²) in [5.74, 6) is 0.511. The molecule has 0 spiro atoms. The molecule has 4 nitrogen and oxygen atoms in total. The summed E-state index contributed by atoms with van der Waals surface area (Å²) in [4.78, 5) is 13.4. The lowest BCUT2D eigenvalue weighted by molar-refractivity contribution is -0.116. The zero-order valence-electron chi connectivity index (χ0n) is 15.7. The van der Waals surface area contributed by atoms with Gasteiger partial charge in [-0.2, -0.15) is 0 Å². The van der Waals surface area contributed by atoms with Crippen molar-refractivity contribution in [3.8, 4) is 0 Å². The number of fused-ring (bicyclic) bond motifs is 1. The number of hydrogen-bond donors (Lipinski definition) is 1. The molecule has 1 N–H and O–H groups in total. The van der Waals surface area contributed by atoms with Crippen LogP contribution in [0.4, 0.5) is 5.88 Å². The molecule has 3 aromatic rings. The van der Waals surface area contributed by atoms with Crippen LogP contribution >= 0.6 is 23.2 Å². The predicted octanol–water partition coefficient (Wildman–Crippen LogP) is 6.25. The number of hydrogen-bond acceptors (Lipinski definition) is 4. The first-order valence-corrected chi connectivity index (χ1v) is 10.3. The minimum Gasteiger partial charge on any atom is -0.338 e. The molecule has 2 aliphatic rings. The fourth-order valence-corrected chi connectivity index (χ4v) is 5.00. The summed E-state index contributed by atoms with van der Waals surface area (Å²) < 4.78 is 5.55. The van der Waals surface area contributed by atoms with Crippen molar-refractivity contribution in [1.29, 1.82) is 0 Å². The van der Waals surface area contributed by atoms with E-state index in [0.717, 1.165) is 40.1 Å². The molecule has 0 saturated carbocycles. The summed E-state index contributed by atoms with van der Waals surface area (Å²) >= 11 is 12.7. The summed E-state index contributed by atoms with van der Waals surface area (Å²) in [5, 5.41) is 8.56. The van der Waals surface area contributed by atoms with E-state index in [1.807, 2.05) is 31.2 Å². The molecule has 29 heavy (non-hydrogen) atoms. The Bertz CT molecular complexity index is 1150. The van der Waals surface area contributed by atoms with Crippen molar-refractivity contribution in [2.24, 2.45) is 0 Å². The Morgan fingerprint density at radius 1 is 1.10 bits per heavy atom. The van der Waals surface area contributed by atoms with Crippen LogP contribution in [-0.2, 0) is 4.79 Å². The zero-order chi connectivity index (χ0) is 20.1.